The number of nitrogens with two attached hydrogens (primary N) is 1. The van der Waals surface area contributed by atoms with Crippen LogP contribution in [0.2, 0.25) is 0 Å². The van der Waals surface area contributed by atoms with Crippen molar-refractivity contribution in [3.05, 3.63) is 36.4 Å². The van der Waals surface area contributed by atoms with Crippen LogP contribution in [0.1, 0.15) is 37.5 Å². The molecule has 1 amide bonds. The molecule has 8 nitrogen and oxygen atoms in total. The summed E-state index contributed by atoms with van der Waals surface area (Å²) >= 11 is 0. The maximum absolute atomic E-state index is 12.7. The van der Waals surface area contributed by atoms with Gasteiger partial charge in [-0.3, -0.25) is 4.79 Å². The van der Waals surface area contributed by atoms with Gasteiger partial charge in [-0.15, -0.1) is 6.42 Å². The normalized spacial score (nSPS) is 18.9. The number of nitrogen functional groups attached to an aromatic ring is 1. The molecule has 0 spiro atoms. The quantitative estimate of drug-likeness (QED) is 0.663. The molecule has 0 radical (unpaired) electrons. The third kappa shape index (κ3) is 3.72. The van der Waals surface area contributed by atoms with Crippen molar-refractivity contribution in [3.8, 4) is 18.1 Å². The lowest BCUT2D eigenvalue weighted by atomic mass is 9.85. The fraction of sp³-hybridized carbons (Fsp3) is 0.333. The Morgan fingerprint density at radius 2 is 2.10 bits per heavy atom. The Morgan fingerprint density at radius 1 is 1.31 bits per heavy atom. The van der Waals surface area contributed by atoms with E-state index in [0.29, 0.717) is 16.9 Å². The molecular formula is C21H22N6O2. The van der Waals surface area contributed by atoms with E-state index in [0.717, 1.165) is 31.4 Å². The molecule has 3 N–H and O–H groups in total. The number of imidazole rings is 1. The molecule has 2 heterocycles. The molecule has 1 aliphatic carbocycles. The van der Waals surface area contributed by atoms with Crippen LogP contribution < -0.4 is 15.8 Å². The van der Waals surface area contributed by atoms with E-state index in [1.54, 1.807) is 13.4 Å². The monoisotopic (exact) mass is 390 g/mol. The highest BCUT2D eigenvalue weighted by Gasteiger charge is 2.28. The first-order valence-corrected chi connectivity index (χ1v) is 9.50. The Balaban J connectivity index is 1.44. The van der Waals surface area contributed by atoms with Gasteiger partial charge >= 0.3 is 0 Å². The van der Waals surface area contributed by atoms with Crippen LogP contribution in [0.15, 0.2) is 30.6 Å². The molecule has 148 valence electrons. The molecule has 1 aromatic carbocycles. The van der Waals surface area contributed by atoms with E-state index in [4.69, 9.17) is 16.9 Å². The maximum atomic E-state index is 12.7. The number of aromatic nitrogens is 4. The van der Waals surface area contributed by atoms with Gasteiger partial charge in [0.2, 0.25) is 11.7 Å². The molecule has 4 rings (SSSR count). The fourth-order valence-electron chi connectivity index (χ4n) is 3.83. The highest BCUT2D eigenvalue weighted by Crippen LogP contribution is 2.35. The first kappa shape index (κ1) is 18.7. The molecule has 0 saturated heterocycles. The van der Waals surface area contributed by atoms with Crippen LogP contribution in [0.3, 0.4) is 0 Å². The van der Waals surface area contributed by atoms with Gasteiger partial charge in [0.25, 0.3) is 0 Å². The van der Waals surface area contributed by atoms with Crippen molar-refractivity contribution in [2.45, 2.75) is 31.7 Å². The van der Waals surface area contributed by atoms with Crippen molar-refractivity contribution in [2.75, 3.05) is 18.2 Å². The SMILES string of the molecule is C#Cc1nc(N)c2ncn([C@H]3CC[C@@H](C(=O)Nc4cccc(OC)c4)CC3)c2n1. The number of anilines is 2. The van der Waals surface area contributed by atoms with E-state index in [9.17, 15) is 4.79 Å². The Bertz CT molecular complexity index is 1090. The topological polar surface area (TPSA) is 108 Å². The summed E-state index contributed by atoms with van der Waals surface area (Å²) in [7, 11) is 1.60. The second-order valence-corrected chi connectivity index (χ2v) is 7.13. The van der Waals surface area contributed by atoms with E-state index < -0.39 is 0 Å². The number of nitrogens with zero attached hydrogens (tertiary/aromatic N) is 4. The average molecular weight is 390 g/mol. The van der Waals surface area contributed by atoms with E-state index >= 15 is 0 Å². The fourth-order valence-corrected chi connectivity index (χ4v) is 3.83. The average Bonchev–Trinajstić information content (AvgIpc) is 3.18. The Labute approximate surface area is 168 Å². The van der Waals surface area contributed by atoms with Gasteiger partial charge in [-0.1, -0.05) is 6.07 Å². The van der Waals surface area contributed by atoms with Gasteiger partial charge in [-0.2, -0.15) is 0 Å². The number of rotatable bonds is 4. The van der Waals surface area contributed by atoms with Crippen molar-refractivity contribution in [1.29, 1.82) is 0 Å². The van der Waals surface area contributed by atoms with Gasteiger partial charge < -0.3 is 20.4 Å². The number of amides is 1. The molecule has 0 unspecified atom stereocenters. The van der Waals surface area contributed by atoms with Gasteiger partial charge in [0.15, 0.2) is 11.5 Å². The van der Waals surface area contributed by atoms with Crippen LogP contribution in [0.5, 0.6) is 5.75 Å². The molecular weight excluding hydrogens is 368 g/mol. The van der Waals surface area contributed by atoms with Crippen LogP contribution in [-0.2, 0) is 4.79 Å². The number of benzene rings is 1. The minimum atomic E-state index is -0.0341. The van der Waals surface area contributed by atoms with Gasteiger partial charge in [0.1, 0.15) is 11.3 Å². The van der Waals surface area contributed by atoms with Crippen LogP contribution >= 0.6 is 0 Å². The van der Waals surface area contributed by atoms with E-state index in [1.807, 2.05) is 28.8 Å². The van der Waals surface area contributed by atoms with Gasteiger partial charge in [-0.25, -0.2) is 15.0 Å². The van der Waals surface area contributed by atoms with Crippen molar-refractivity contribution in [2.24, 2.45) is 5.92 Å². The summed E-state index contributed by atoms with van der Waals surface area (Å²) in [4.78, 5) is 25.5. The second-order valence-electron chi connectivity index (χ2n) is 7.13. The number of carbonyl (C=O) groups excluding carboxylic acids is 1. The summed E-state index contributed by atoms with van der Waals surface area (Å²) in [5.41, 5.74) is 7.89. The standard InChI is InChI=1S/C21H22N6O2/c1-3-17-25-19(22)18-20(26-17)27(12-23-18)15-9-7-13(8-10-15)21(28)24-14-5-4-6-16(11-14)29-2/h1,4-6,11-13,15H,7-10H2,2H3,(H,24,28)(H2,22,25,26)/t13-,15+. The Hall–Kier alpha value is -3.60. The number of methoxy groups -OCH3 is 1. The number of hydrogen-bond donors (Lipinski definition) is 2. The zero-order valence-electron chi connectivity index (χ0n) is 16.1. The molecule has 2 aromatic heterocycles. The number of ether oxygens (including phenoxy) is 1. The lowest BCUT2D eigenvalue weighted by molar-refractivity contribution is -0.120. The van der Waals surface area contributed by atoms with Gasteiger partial charge in [0.05, 0.1) is 13.4 Å². The zero-order chi connectivity index (χ0) is 20.4. The summed E-state index contributed by atoms with van der Waals surface area (Å²) in [5, 5.41) is 2.99. The minimum absolute atomic E-state index is 0.0341. The van der Waals surface area contributed by atoms with Crippen LogP contribution in [0, 0.1) is 18.3 Å². The molecule has 1 aliphatic rings. The lowest BCUT2D eigenvalue weighted by Gasteiger charge is -2.28. The highest BCUT2D eigenvalue weighted by molar-refractivity contribution is 5.92. The third-order valence-electron chi connectivity index (χ3n) is 5.38. The predicted molar refractivity (Wildman–Crippen MR) is 110 cm³/mol. The summed E-state index contributed by atoms with van der Waals surface area (Å²) in [5.74, 6) is 3.68. The molecule has 0 atom stereocenters. The highest BCUT2D eigenvalue weighted by atomic mass is 16.5. The van der Waals surface area contributed by atoms with Crippen molar-refractivity contribution in [3.63, 3.8) is 0 Å². The molecule has 29 heavy (non-hydrogen) atoms. The van der Waals surface area contributed by atoms with Crippen molar-refractivity contribution >= 4 is 28.6 Å². The second kappa shape index (κ2) is 7.80. The molecule has 0 bridgehead atoms. The van der Waals surface area contributed by atoms with E-state index in [2.05, 4.69) is 26.2 Å². The van der Waals surface area contributed by atoms with Crippen molar-refractivity contribution < 1.29 is 9.53 Å². The van der Waals surface area contributed by atoms with E-state index in [1.165, 1.54) is 0 Å². The third-order valence-corrected chi connectivity index (χ3v) is 5.38. The lowest BCUT2D eigenvalue weighted by Crippen LogP contribution is -2.28. The Kier molecular flexibility index (Phi) is 5.04. The number of fused-ring (bicyclic) bond motifs is 1. The molecule has 0 aliphatic heterocycles. The van der Waals surface area contributed by atoms with E-state index in [-0.39, 0.29) is 29.5 Å². The summed E-state index contributed by atoms with van der Waals surface area (Å²) in [6, 6.07) is 7.57. The Morgan fingerprint density at radius 3 is 2.83 bits per heavy atom. The first-order chi connectivity index (χ1) is 14.1. The van der Waals surface area contributed by atoms with Crippen LogP contribution in [-0.4, -0.2) is 32.5 Å². The summed E-state index contributed by atoms with van der Waals surface area (Å²) in [6.07, 6.45) is 10.4. The molecule has 8 heteroatoms. The predicted octanol–water partition coefficient (Wildman–Crippen LogP) is 2.77. The summed E-state index contributed by atoms with van der Waals surface area (Å²) in [6.45, 7) is 0. The number of hydrogen-bond acceptors (Lipinski definition) is 6. The smallest absolute Gasteiger partial charge is 0.227 e. The van der Waals surface area contributed by atoms with Crippen LogP contribution in [0.25, 0.3) is 11.2 Å². The zero-order valence-corrected chi connectivity index (χ0v) is 16.1. The molecule has 1 fully saturated rings. The number of nitrogens with one attached hydrogen (secondary N) is 1. The maximum Gasteiger partial charge on any atom is 0.227 e. The number of terminal acetylenes is 1. The number of carbonyl (C=O) groups is 1. The van der Waals surface area contributed by atoms with Crippen molar-refractivity contribution in [1.82, 2.24) is 19.5 Å². The van der Waals surface area contributed by atoms with Gasteiger partial charge in [-0.05, 0) is 43.7 Å². The summed E-state index contributed by atoms with van der Waals surface area (Å²) < 4.78 is 7.21. The largest absolute Gasteiger partial charge is 0.497 e. The molecule has 1 saturated carbocycles. The minimum Gasteiger partial charge on any atom is -0.497 e. The first-order valence-electron chi connectivity index (χ1n) is 9.50. The van der Waals surface area contributed by atoms with Crippen LogP contribution in [0.4, 0.5) is 11.5 Å². The van der Waals surface area contributed by atoms with Gasteiger partial charge in [0, 0.05) is 23.7 Å². The molecule has 3 aromatic rings.